The fourth-order valence-electron chi connectivity index (χ4n) is 2.10. The number of amides is 1. The molecule has 0 radical (unpaired) electrons. The van der Waals surface area contributed by atoms with Crippen LogP contribution < -0.4 is 0 Å². The standard InChI is InChI=1S/C14H18BrNO/c1-10(11-6-8-13(15)9-7-11)16(2)14(17)12-4-3-5-12/h6-10,12H,3-5H2,1-2H3. The summed E-state index contributed by atoms with van der Waals surface area (Å²) in [6.45, 7) is 2.08. The molecule has 0 heterocycles. The molecule has 92 valence electrons. The Morgan fingerprint density at radius 1 is 1.35 bits per heavy atom. The second-order valence-corrected chi connectivity index (χ2v) is 5.72. The molecule has 2 rings (SSSR count). The summed E-state index contributed by atoms with van der Waals surface area (Å²) in [6, 6.07) is 8.33. The van der Waals surface area contributed by atoms with E-state index in [1.165, 1.54) is 12.0 Å². The summed E-state index contributed by atoms with van der Waals surface area (Å²) in [7, 11) is 1.91. The molecule has 0 saturated heterocycles. The van der Waals surface area contributed by atoms with E-state index in [1.54, 1.807) is 0 Å². The molecule has 1 aliphatic rings. The normalized spacial score (nSPS) is 17.4. The Morgan fingerprint density at radius 3 is 2.41 bits per heavy atom. The van der Waals surface area contributed by atoms with Gasteiger partial charge in [0.05, 0.1) is 6.04 Å². The van der Waals surface area contributed by atoms with Crippen molar-refractivity contribution in [2.45, 2.75) is 32.2 Å². The van der Waals surface area contributed by atoms with Crippen LogP contribution in [0, 0.1) is 5.92 Å². The monoisotopic (exact) mass is 295 g/mol. The van der Waals surface area contributed by atoms with Crippen molar-refractivity contribution < 1.29 is 4.79 Å². The Hall–Kier alpha value is -0.830. The molecule has 1 aromatic rings. The van der Waals surface area contributed by atoms with Gasteiger partial charge in [-0.3, -0.25) is 4.79 Å². The van der Waals surface area contributed by atoms with E-state index in [0.717, 1.165) is 17.3 Å². The van der Waals surface area contributed by atoms with Gasteiger partial charge in [0.2, 0.25) is 5.91 Å². The van der Waals surface area contributed by atoms with Gasteiger partial charge in [0.25, 0.3) is 0 Å². The highest BCUT2D eigenvalue weighted by atomic mass is 79.9. The molecule has 0 spiro atoms. The molecule has 1 aromatic carbocycles. The summed E-state index contributed by atoms with van der Waals surface area (Å²) >= 11 is 3.42. The average Bonchev–Trinajstić information content (AvgIpc) is 2.25. The molecule has 2 nitrogen and oxygen atoms in total. The van der Waals surface area contributed by atoms with Gasteiger partial charge in [-0.25, -0.2) is 0 Å². The van der Waals surface area contributed by atoms with Crippen LogP contribution in [0.25, 0.3) is 0 Å². The smallest absolute Gasteiger partial charge is 0.225 e. The van der Waals surface area contributed by atoms with Gasteiger partial charge in [-0.15, -0.1) is 0 Å². The first-order valence-electron chi connectivity index (χ1n) is 6.11. The van der Waals surface area contributed by atoms with Crippen molar-refractivity contribution in [1.82, 2.24) is 4.90 Å². The van der Waals surface area contributed by atoms with Crippen molar-refractivity contribution in [3.05, 3.63) is 34.3 Å². The largest absolute Gasteiger partial charge is 0.339 e. The number of carbonyl (C=O) groups excluding carboxylic acids is 1. The van der Waals surface area contributed by atoms with Crippen LogP contribution in [0.1, 0.15) is 37.8 Å². The zero-order valence-electron chi connectivity index (χ0n) is 10.3. The molecule has 0 aromatic heterocycles. The number of carbonyl (C=O) groups is 1. The Morgan fingerprint density at radius 2 is 1.94 bits per heavy atom. The average molecular weight is 296 g/mol. The number of halogens is 1. The molecule has 3 heteroatoms. The molecule has 0 aliphatic heterocycles. The fourth-order valence-corrected chi connectivity index (χ4v) is 2.36. The molecule has 1 saturated carbocycles. The SMILES string of the molecule is CC(c1ccc(Br)cc1)N(C)C(=O)C1CCC1. The zero-order chi connectivity index (χ0) is 12.4. The molecule has 1 atom stereocenters. The summed E-state index contributed by atoms with van der Waals surface area (Å²) in [6.07, 6.45) is 3.34. The Kier molecular flexibility index (Phi) is 3.87. The lowest BCUT2D eigenvalue weighted by Crippen LogP contribution is -2.37. The van der Waals surface area contributed by atoms with Crippen molar-refractivity contribution >= 4 is 21.8 Å². The molecule has 17 heavy (non-hydrogen) atoms. The van der Waals surface area contributed by atoms with Crippen LogP contribution in [-0.2, 0) is 4.79 Å². The van der Waals surface area contributed by atoms with E-state index in [4.69, 9.17) is 0 Å². The summed E-state index contributed by atoms with van der Waals surface area (Å²) in [5, 5.41) is 0. The molecule has 0 N–H and O–H groups in total. The van der Waals surface area contributed by atoms with Gasteiger partial charge >= 0.3 is 0 Å². The molecular weight excluding hydrogens is 278 g/mol. The summed E-state index contributed by atoms with van der Waals surface area (Å²) in [5.74, 6) is 0.574. The lowest BCUT2D eigenvalue weighted by Gasteiger charge is -2.33. The van der Waals surface area contributed by atoms with E-state index in [0.29, 0.717) is 5.91 Å². The third kappa shape index (κ3) is 2.71. The van der Waals surface area contributed by atoms with Crippen LogP contribution in [0.15, 0.2) is 28.7 Å². The highest BCUT2D eigenvalue weighted by molar-refractivity contribution is 9.10. The van der Waals surface area contributed by atoms with Crippen LogP contribution in [0.5, 0.6) is 0 Å². The third-order valence-corrected chi connectivity index (χ3v) is 4.26. The lowest BCUT2D eigenvalue weighted by atomic mass is 9.84. The second kappa shape index (κ2) is 5.21. The van der Waals surface area contributed by atoms with E-state index < -0.39 is 0 Å². The molecular formula is C14H18BrNO. The number of rotatable bonds is 3. The molecule has 1 aliphatic carbocycles. The van der Waals surface area contributed by atoms with Crippen LogP contribution in [0.2, 0.25) is 0 Å². The quantitative estimate of drug-likeness (QED) is 0.831. The van der Waals surface area contributed by atoms with E-state index in [1.807, 2.05) is 24.1 Å². The van der Waals surface area contributed by atoms with Gasteiger partial charge < -0.3 is 4.90 Å². The van der Waals surface area contributed by atoms with Crippen LogP contribution in [0.3, 0.4) is 0 Å². The maximum Gasteiger partial charge on any atom is 0.225 e. The van der Waals surface area contributed by atoms with E-state index >= 15 is 0 Å². The minimum Gasteiger partial charge on any atom is -0.339 e. The van der Waals surface area contributed by atoms with Crippen molar-refractivity contribution in [2.24, 2.45) is 5.92 Å². The molecule has 0 bridgehead atoms. The number of hydrogen-bond donors (Lipinski definition) is 0. The van der Waals surface area contributed by atoms with Crippen molar-refractivity contribution in [3.8, 4) is 0 Å². The van der Waals surface area contributed by atoms with Crippen molar-refractivity contribution in [3.63, 3.8) is 0 Å². The fraction of sp³-hybridized carbons (Fsp3) is 0.500. The predicted octanol–water partition coefficient (Wildman–Crippen LogP) is 3.77. The van der Waals surface area contributed by atoms with Crippen LogP contribution >= 0.6 is 15.9 Å². The van der Waals surface area contributed by atoms with E-state index in [2.05, 4.69) is 35.0 Å². The first kappa shape index (κ1) is 12.6. The maximum absolute atomic E-state index is 12.1. The number of hydrogen-bond acceptors (Lipinski definition) is 1. The summed E-state index contributed by atoms with van der Waals surface area (Å²) < 4.78 is 1.07. The Balaban J connectivity index is 2.05. The van der Waals surface area contributed by atoms with Crippen molar-refractivity contribution in [2.75, 3.05) is 7.05 Å². The van der Waals surface area contributed by atoms with Gasteiger partial charge in [0.1, 0.15) is 0 Å². The molecule has 1 fully saturated rings. The first-order valence-corrected chi connectivity index (χ1v) is 6.91. The van der Waals surface area contributed by atoms with Gasteiger partial charge in [0, 0.05) is 17.4 Å². The molecule has 1 amide bonds. The predicted molar refractivity (Wildman–Crippen MR) is 72.7 cm³/mol. The molecule has 1 unspecified atom stereocenters. The summed E-state index contributed by atoms with van der Waals surface area (Å²) in [4.78, 5) is 14.0. The number of nitrogens with zero attached hydrogens (tertiary/aromatic N) is 1. The lowest BCUT2D eigenvalue weighted by molar-refractivity contribution is -0.138. The number of benzene rings is 1. The topological polar surface area (TPSA) is 20.3 Å². The van der Waals surface area contributed by atoms with Gasteiger partial charge in [-0.2, -0.15) is 0 Å². The van der Waals surface area contributed by atoms with Gasteiger partial charge in [-0.05, 0) is 37.5 Å². The van der Waals surface area contributed by atoms with Gasteiger partial charge in [-0.1, -0.05) is 34.5 Å². The highest BCUT2D eigenvalue weighted by Crippen LogP contribution is 2.31. The maximum atomic E-state index is 12.1. The Bertz CT molecular complexity index is 397. The van der Waals surface area contributed by atoms with Crippen LogP contribution in [-0.4, -0.2) is 17.9 Å². The van der Waals surface area contributed by atoms with Gasteiger partial charge in [0.15, 0.2) is 0 Å². The minimum atomic E-state index is 0.149. The summed E-state index contributed by atoms with van der Waals surface area (Å²) in [5.41, 5.74) is 1.18. The van der Waals surface area contributed by atoms with Crippen LogP contribution in [0.4, 0.5) is 0 Å². The minimum absolute atomic E-state index is 0.149. The second-order valence-electron chi connectivity index (χ2n) is 4.80. The van der Waals surface area contributed by atoms with E-state index in [-0.39, 0.29) is 12.0 Å². The third-order valence-electron chi connectivity index (χ3n) is 3.74. The zero-order valence-corrected chi connectivity index (χ0v) is 11.9. The van der Waals surface area contributed by atoms with E-state index in [9.17, 15) is 4.79 Å². The Labute approximate surface area is 111 Å². The highest BCUT2D eigenvalue weighted by Gasteiger charge is 2.29. The first-order chi connectivity index (χ1) is 8.09. The van der Waals surface area contributed by atoms with Crippen molar-refractivity contribution in [1.29, 1.82) is 0 Å².